The molecule has 4 nitrogen and oxygen atoms in total. The molecule has 1 radical (unpaired) electrons. The minimum atomic E-state index is -0.337. The first-order valence-electron chi connectivity index (χ1n) is 19.8. The van der Waals surface area contributed by atoms with Crippen molar-refractivity contribution >= 4 is 48.9 Å². The van der Waals surface area contributed by atoms with Crippen LogP contribution in [0.25, 0.3) is 53.5 Å². The average Bonchev–Trinajstić information content (AvgIpc) is 3.73. The summed E-state index contributed by atoms with van der Waals surface area (Å²) < 4.78 is 7.44. The second kappa shape index (κ2) is 17.7. The number of benzene rings is 3. The summed E-state index contributed by atoms with van der Waals surface area (Å²) in [4.78, 5) is 18.3. The molecule has 0 atom stereocenters. The smallest absolute Gasteiger partial charge is 0.164 e. The summed E-state index contributed by atoms with van der Waals surface area (Å²) in [6, 6.07) is 25.4. The van der Waals surface area contributed by atoms with Crippen LogP contribution in [0.1, 0.15) is 119 Å². The molecule has 295 valence electrons. The maximum absolute atomic E-state index is 12.2. The van der Waals surface area contributed by atoms with Gasteiger partial charge in [0.1, 0.15) is 17.1 Å². The van der Waals surface area contributed by atoms with Gasteiger partial charge in [-0.25, -0.2) is 0 Å². The molecule has 0 fully saturated rings. The number of rotatable bonds is 11. The Balaban J connectivity index is 0.000000320. The molecule has 3 heterocycles. The van der Waals surface area contributed by atoms with Gasteiger partial charge in [-0.2, -0.15) is 0 Å². The van der Waals surface area contributed by atoms with Gasteiger partial charge in [0.25, 0.3) is 0 Å². The summed E-state index contributed by atoms with van der Waals surface area (Å²) in [5.74, 6) is 1.88. The molecule has 0 saturated heterocycles. The molecule has 55 heavy (non-hydrogen) atoms. The minimum absolute atomic E-state index is 0. The Labute approximate surface area is 347 Å². The van der Waals surface area contributed by atoms with Gasteiger partial charge in [0.2, 0.25) is 0 Å². The number of aryl methyl sites for hydroxylation is 1. The van der Waals surface area contributed by atoms with Crippen molar-refractivity contribution in [3.8, 4) is 21.7 Å². The third-order valence-electron chi connectivity index (χ3n) is 11.8. The molecule has 3 aromatic heterocycles. The fourth-order valence-electron chi connectivity index (χ4n) is 7.16. The van der Waals surface area contributed by atoms with Gasteiger partial charge in [0.15, 0.2) is 5.78 Å². The monoisotopic (exact) mass is 935 g/mol. The van der Waals surface area contributed by atoms with Crippen LogP contribution >= 0.6 is 11.3 Å². The Morgan fingerprint density at radius 2 is 1.55 bits per heavy atom. The van der Waals surface area contributed by atoms with Crippen LogP contribution in [0.2, 0.25) is 0 Å². The van der Waals surface area contributed by atoms with E-state index in [0.717, 1.165) is 60.1 Å². The van der Waals surface area contributed by atoms with Crippen molar-refractivity contribution in [2.75, 3.05) is 0 Å². The van der Waals surface area contributed by atoms with E-state index in [4.69, 9.17) is 9.40 Å². The summed E-state index contributed by atoms with van der Waals surface area (Å²) in [5.41, 5.74) is 6.32. The zero-order chi connectivity index (χ0) is 39.6. The van der Waals surface area contributed by atoms with E-state index in [2.05, 4.69) is 108 Å². The largest absolute Gasteiger partial charge is 0.512 e. The Bertz CT molecular complexity index is 2290. The molecule has 0 unspecified atom stereocenters. The number of fused-ring (bicyclic) bond motifs is 3. The van der Waals surface area contributed by atoms with E-state index in [1.54, 1.807) is 0 Å². The van der Waals surface area contributed by atoms with E-state index in [1.165, 1.54) is 48.5 Å². The molecule has 0 saturated carbocycles. The number of aliphatic hydroxyl groups excluding tert-OH is 1. The van der Waals surface area contributed by atoms with Crippen LogP contribution in [0.5, 0.6) is 0 Å². The Hall–Kier alpha value is -3.57. The quantitative estimate of drug-likeness (QED) is 0.0799. The maximum Gasteiger partial charge on any atom is 0.164 e. The number of hydrogen-bond donors (Lipinski definition) is 1. The molecule has 0 bridgehead atoms. The third-order valence-corrected chi connectivity index (χ3v) is 12.9. The summed E-state index contributed by atoms with van der Waals surface area (Å²) >= 11 is 1.83. The predicted molar refractivity (Wildman–Crippen MR) is 232 cm³/mol. The summed E-state index contributed by atoms with van der Waals surface area (Å²) in [6.07, 6.45) is 7.70. The fraction of sp³-hybridized carbons (Fsp3) is 0.429. The Morgan fingerprint density at radius 1 is 0.891 bits per heavy atom. The predicted octanol–water partition coefficient (Wildman–Crippen LogP) is 14.8. The third kappa shape index (κ3) is 9.19. The number of hydrogen-bond acceptors (Lipinski definition) is 5. The normalized spacial score (nSPS) is 12.6. The second-order valence-corrected chi connectivity index (χ2v) is 18.0. The Morgan fingerprint density at radius 3 is 2.16 bits per heavy atom. The van der Waals surface area contributed by atoms with Crippen molar-refractivity contribution < 1.29 is 34.4 Å². The molecular formula is C49H60IrNO3S-. The van der Waals surface area contributed by atoms with E-state index in [9.17, 15) is 9.90 Å². The number of carbonyl (C=O) groups is 1. The van der Waals surface area contributed by atoms with E-state index >= 15 is 0 Å². The summed E-state index contributed by atoms with van der Waals surface area (Å²) in [6.45, 7) is 25.5. The molecule has 6 aromatic rings. The van der Waals surface area contributed by atoms with Gasteiger partial charge in [-0.05, 0) is 73.9 Å². The van der Waals surface area contributed by atoms with Gasteiger partial charge in [-0.3, -0.25) is 9.78 Å². The number of aromatic nitrogens is 1. The van der Waals surface area contributed by atoms with Crippen molar-refractivity contribution in [2.24, 2.45) is 16.7 Å². The molecule has 0 aliphatic heterocycles. The van der Waals surface area contributed by atoms with Crippen molar-refractivity contribution in [3.05, 3.63) is 102 Å². The fourth-order valence-corrected chi connectivity index (χ4v) is 8.25. The molecule has 1 N–H and O–H groups in total. The molecule has 6 heteroatoms. The number of pyridine rings is 1. The van der Waals surface area contributed by atoms with Crippen molar-refractivity contribution in [1.29, 1.82) is 0 Å². The topological polar surface area (TPSA) is 63.3 Å². The summed E-state index contributed by atoms with van der Waals surface area (Å²) in [7, 11) is 0. The van der Waals surface area contributed by atoms with Crippen LogP contribution < -0.4 is 0 Å². The first-order valence-corrected chi connectivity index (χ1v) is 20.6. The van der Waals surface area contributed by atoms with Crippen molar-refractivity contribution in [2.45, 2.75) is 121 Å². The van der Waals surface area contributed by atoms with E-state index in [1.807, 2.05) is 59.1 Å². The second-order valence-electron chi connectivity index (χ2n) is 16.9. The van der Waals surface area contributed by atoms with Crippen LogP contribution in [-0.4, -0.2) is 15.9 Å². The first-order chi connectivity index (χ1) is 25.5. The van der Waals surface area contributed by atoms with Crippen molar-refractivity contribution in [3.63, 3.8) is 0 Å². The first kappa shape index (κ1) is 44.1. The molecule has 0 spiro atoms. The molecule has 6 rings (SSSR count). The van der Waals surface area contributed by atoms with E-state index in [0.29, 0.717) is 5.92 Å². The number of nitrogens with zero attached hydrogens (tertiary/aromatic N) is 1. The number of carbonyl (C=O) groups excluding carboxylic acids is 1. The van der Waals surface area contributed by atoms with Crippen LogP contribution in [0, 0.1) is 29.7 Å². The van der Waals surface area contributed by atoms with Crippen LogP contribution in [0.4, 0.5) is 0 Å². The van der Waals surface area contributed by atoms with Gasteiger partial charge < -0.3 is 9.52 Å². The molecule has 0 aliphatic rings. The number of ketones is 1. The SMILES string of the molecule is CCC(C)(CC)C(=O)/C=C(\O)C(C)(CC)CC.Cc1oc2cccc(-c3cc4c(-c5[c-]c6ccccc6c(C(C)(C)C)c5)nccc4s3)c2c1CC(C)C.[Ir]. The molecule has 0 aliphatic carbocycles. The van der Waals surface area contributed by atoms with Gasteiger partial charge >= 0.3 is 0 Å². The van der Waals surface area contributed by atoms with Gasteiger partial charge in [-0.1, -0.05) is 117 Å². The standard InChI is InChI=1S/C34H32NOS.C15H28O2.Ir/c1-20(2)16-26-21(3)36-29-13-9-12-25(32(26)29)31-19-27-30(37-31)14-15-35-33(27)23-17-22-10-7-8-11-24(22)28(18-23)34(4,5)6;1-7-14(5,8-2)12(16)11-13(17)15(6,9-3)10-4;/h7-15,18-20H,16H2,1-6H3;11,16H,7-10H2,1-6H3;/q-1;;/b;12-11-;. The van der Waals surface area contributed by atoms with E-state index < -0.39 is 0 Å². The van der Waals surface area contributed by atoms with Crippen LogP contribution in [0.15, 0.2) is 83.1 Å². The van der Waals surface area contributed by atoms with Gasteiger partial charge in [0, 0.05) is 75.0 Å². The summed E-state index contributed by atoms with van der Waals surface area (Å²) in [5, 5.41) is 15.0. The van der Waals surface area contributed by atoms with Gasteiger partial charge in [0.05, 0.1) is 0 Å². The van der Waals surface area contributed by atoms with Crippen LogP contribution in [0.3, 0.4) is 0 Å². The molecular weight excluding hydrogens is 875 g/mol. The van der Waals surface area contributed by atoms with E-state index in [-0.39, 0.29) is 47.9 Å². The maximum atomic E-state index is 12.2. The average molecular weight is 935 g/mol. The zero-order valence-electron chi connectivity index (χ0n) is 35.0. The number of aliphatic hydroxyl groups is 1. The molecule has 0 amide bonds. The van der Waals surface area contributed by atoms with Crippen molar-refractivity contribution in [1.82, 2.24) is 4.98 Å². The van der Waals surface area contributed by atoms with Gasteiger partial charge in [-0.15, -0.1) is 40.5 Å². The Kier molecular flexibility index (Phi) is 14.2. The number of furan rings is 1. The number of allylic oxidation sites excluding steroid dienone is 2. The van der Waals surface area contributed by atoms with Crippen LogP contribution in [-0.2, 0) is 36.7 Å². The molecule has 3 aromatic carbocycles. The minimum Gasteiger partial charge on any atom is -0.512 e. The zero-order valence-corrected chi connectivity index (χ0v) is 38.2. The number of thiophene rings is 1.